The predicted octanol–water partition coefficient (Wildman–Crippen LogP) is 5.08. The zero-order valence-corrected chi connectivity index (χ0v) is 18.8. The fourth-order valence-corrected chi connectivity index (χ4v) is 5.40. The third kappa shape index (κ3) is 4.36. The normalized spacial score (nSPS) is 13.5. The maximum Gasteiger partial charge on any atom is 0.363 e. The monoisotopic (exact) mass is 460 g/mol. The second kappa shape index (κ2) is 8.75. The number of aryl methyl sites for hydroxylation is 2. The number of hydrogen-bond acceptors (Lipinski definition) is 5. The minimum Gasteiger partial charge on any atom is -0.421 e. The van der Waals surface area contributed by atoms with Gasteiger partial charge in [-0.15, -0.1) is 0 Å². The Morgan fingerprint density at radius 3 is 2.36 bits per heavy atom. The summed E-state index contributed by atoms with van der Waals surface area (Å²) >= 11 is 0. The number of fused-ring (bicyclic) bond motifs is 2. The Kier molecular flexibility index (Phi) is 5.64. The maximum atomic E-state index is 13.3. The standard InChI is InChI=1S/C26H24N2O4S/c29-26-25(28-33(30,31)21-15-14-19-10-4-5-11-20(19)16-21)24(22-12-6-7-13-23(22)32-26)27-17-18-8-2-1-3-9-18/h1-3,6-9,12-16,27-28H,4-5,10-11,17H2. The van der Waals surface area contributed by atoms with Crippen LogP contribution < -0.4 is 15.7 Å². The summed E-state index contributed by atoms with van der Waals surface area (Å²) in [6.45, 7) is 0.419. The summed E-state index contributed by atoms with van der Waals surface area (Å²) in [4.78, 5) is 13.0. The lowest BCUT2D eigenvalue weighted by Crippen LogP contribution is -2.21. The van der Waals surface area contributed by atoms with Gasteiger partial charge in [0.2, 0.25) is 0 Å². The lowest BCUT2D eigenvalue weighted by atomic mass is 9.92. The van der Waals surface area contributed by atoms with E-state index < -0.39 is 15.6 Å². The number of hydrogen-bond donors (Lipinski definition) is 2. The van der Waals surface area contributed by atoms with E-state index in [1.165, 1.54) is 5.56 Å². The van der Waals surface area contributed by atoms with Crippen LogP contribution in [0.25, 0.3) is 11.0 Å². The molecule has 33 heavy (non-hydrogen) atoms. The smallest absolute Gasteiger partial charge is 0.363 e. The molecule has 0 radical (unpaired) electrons. The Morgan fingerprint density at radius 1 is 0.818 bits per heavy atom. The van der Waals surface area contributed by atoms with Gasteiger partial charge < -0.3 is 9.73 Å². The minimum absolute atomic E-state index is 0.123. The number of benzene rings is 3. The Labute approximate surface area is 192 Å². The summed E-state index contributed by atoms with van der Waals surface area (Å²) in [6, 6.07) is 21.9. The Balaban J connectivity index is 1.55. The molecule has 4 aromatic rings. The quantitative estimate of drug-likeness (QED) is 0.392. The molecule has 1 aromatic heterocycles. The number of nitrogens with one attached hydrogen (secondary N) is 2. The van der Waals surface area contributed by atoms with Gasteiger partial charge in [-0.1, -0.05) is 48.5 Å². The van der Waals surface area contributed by atoms with Crippen molar-refractivity contribution in [3.05, 3.63) is 99.9 Å². The number of rotatable bonds is 6. The van der Waals surface area contributed by atoms with Crippen molar-refractivity contribution in [3.63, 3.8) is 0 Å². The molecule has 7 heteroatoms. The largest absolute Gasteiger partial charge is 0.421 e. The van der Waals surface area contributed by atoms with Gasteiger partial charge in [0.25, 0.3) is 10.0 Å². The molecule has 0 bridgehead atoms. The number of anilines is 2. The van der Waals surface area contributed by atoms with Crippen LogP contribution in [0.2, 0.25) is 0 Å². The van der Waals surface area contributed by atoms with E-state index in [-0.39, 0.29) is 10.6 Å². The molecule has 0 amide bonds. The summed E-state index contributed by atoms with van der Waals surface area (Å²) in [7, 11) is -3.99. The van der Waals surface area contributed by atoms with Gasteiger partial charge >= 0.3 is 5.63 Å². The molecular formula is C26H24N2O4S. The SMILES string of the molecule is O=c1oc2ccccc2c(NCc2ccccc2)c1NS(=O)(=O)c1ccc2c(c1)CCCC2. The van der Waals surface area contributed by atoms with Gasteiger partial charge in [-0.05, 0) is 66.6 Å². The van der Waals surface area contributed by atoms with Crippen LogP contribution in [-0.2, 0) is 29.4 Å². The lowest BCUT2D eigenvalue weighted by Gasteiger charge is -2.18. The third-order valence-corrected chi connectivity index (χ3v) is 7.34. The molecule has 168 valence electrons. The van der Waals surface area contributed by atoms with Crippen LogP contribution in [0.4, 0.5) is 11.4 Å². The Morgan fingerprint density at radius 2 is 1.55 bits per heavy atom. The maximum absolute atomic E-state index is 13.3. The van der Waals surface area contributed by atoms with Gasteiger partial charge in [0.15, 0.2) is 5.69 Å². The molecule has 0 saturated heterocycles. The van der Waals surface area contributed by atoms with Crippen molar-refractivity contribution >= 4 is 32.4 Å². The van der Waals surface area contributed by atoms with Crippen molar-refractivity contribution in [1.82, 2.24) is 0 Å². The zero-order chi connectivity index (χ0) is 22.8. The summed E-state index contributed by atoms with van der Waals surface area (Å²) in [6.07, 6.45) is 3.99. The molecule has 3 aromatic carbocycles. The summed E-state index contributed by atoms with van der Waals surface area (Å²) < 4.78 is 34.5. The molecule has 1 heterocycles. The first-order chi connectivity index (χ1) is 16.0. The van der Waals surface area contributed by atoms with Crippen molar-refractivity contribution in [2.45, 2.75) is 37.1 Å². The summed E-state index contributed by atoms with van der Waals surface area (Å²) in [5.74, 6) is 0. The predicted molar refractivity (Wildman–Crippen MR) is 130 cm³/mol. The fourth-order valence-electron chi connectivity index (χ4n) is 4.28. The average Bonchev–Trinajstić information content (AvgIpc) is 2.84. The van der Waals surface area contributed by atoms with Crippen LogP contribution >= 0.6 is 0 Å². The molecule has 5 rings (SSSR count). The van der Waals surface area contributed by atoms with E-state index in [0.29, 0.717) is 23.2 Å². The van der Waals surface area contributed by atoms with Gasteiger partial charge in [-0.25, -0.2) is 13.2 Å². The lowest BCUT2D eigenvalue weighted by molar-refractivity contribution is 0.563. The summed E-state index contributed by atoms with van der Waals surface area (Å²) in [5, 5.41) is 3.87. The fraction of sp³-hybridized carbons (Fsp3) is 0.192. The highest BCUT2D eigenvalue weighted by Gasteiger charge is 2.23. The average molecular weight is 461 g/mol. The van der Waals surface area contributed by atoms with Gasteiger partial charge in [0, 0.05) is 11.9 Å². The molecule has 6 nitrogen and oxygen atoms in total. The van der Waals surface area contributed by atoms with E-state index in [9.17, 15) is 13.2 Å². The van der Waals surface area contributed by atoms with Gasteiger partial charge in [0.05, 0.1) is 10.6 Å². The second-order valence-electron chi connectivity index (χ2n) is 8.22. The number of para-hydroxylation sites is 1. The van der Waals surface area contributed by atoms with Gasteiger partial charge in [0.1, 0.15) is 5.58 Å². The van der Waals surface area contributed by atoms with Crippen LogP contribution in [0.3, 0.4) is 0 Å². The van der Waals surface area contributed by atoms with E-state index in [1.54, 1.807) is 30.3 Å². The highest BCUT2D eigenvalue weighted by atomic mass is 32.2. The van der Waals surface area contributed by atoms with Gasteiger partial charge in [-0.3, -0.25) is 4.72 Å². The van der Waals surface area contributed by atoms with E-state index in [1.807, 2.05) is 42.5 Å². The highest BCUT2D eigenvalue weighted by molar-refractivity contribution is 7.92. The van der Waals surface area contributed by atoms with Crippen molar-refractivity contribution in [2.75, 3.05) is 10.0 Å². The Hall–Kier alpha value is -3.58. The van der Waals surface area contributed by atoms with Crippen molar-refractivity contribution < 1.29 is 12.8 Å². The van der Waals surface area contributed by atoms with E-state index in [4.69, 9.17) is 4.42 Å². The van der Waals surface area contributed by atoms with Crippen molar-refractivity contribution in [2.24, 2.45) is 0 Å². The second-order valence-corrected chi connectivity index (χ2v) is 9.90. The third-order valence-electron chi connectivity index (χ3n) is 5.99. The first-order valence-electron chi connectivity index (χ1n) is 11.0. The highest BCUT2D eigenvalue weighted by Crippen LogP contribution is 2.31. The first kappa shape index (κ1) is 21.3. The van der Waals surface area contributed by atoms with Crippen LogP contribution in [0.5, 0.6) is 0 Å². The minimum atomic E-state index is -3.99. The van der Waals surface area contributed by atoms with Crippen molar-refractivity contribution in [1.29, 1.82) is 0 Å². The van der Waals surface area contributed by atoms with Crippen LogP contribution in [-0.4, -0.2) is 8.42 Å². The summed E-state index contributed by atoms with van der Waals surface area (Å²) in [5.41, 5.74) is 3.15. The van der Waals surface area contributed by atoms with E-state index >= 15 is 0 Å². The first-order valence-corrected chi connectivity index (χ1v) is 12.5. The van der Waals surface area contributed by atoms with Crippen molar-refractivity contribution in [3.8, 4) is 0 Å². The zero-order valence-electron chi connectivity index (χ0n) is 18.0. The molecule has 1 aliphatic carbocycles. The molecular weight excluding hydrogens is 436 g/mol. The molecule has 0 unspecified atom stereocenters. The van der Waals surface area contributed by atoms with Crippen LogP contribution in [0.15, 0.2) is 86.9 Å². The molecule has 1 aliphatic rings. The van der Waals surface area contributed by atoms with E-state index in [0.717, 1.165) is 36.8 Å². The van der Waals surface area contributed by atoms with Gasteiger partial charge in [-0.2, -0.15) is 0 Å². The molecule has 0 atom stereocenters. The molecule has 2 N–H and O–H groups in total. The molecule has 0 aliphatic heterocycles. The molecule has 0 fully saturated rings. The topological polar surface area (TPSA) is 88.4 Å². The van der Waals surface area contributed by atoms with E-state index in [2.05, 4.69) is 10.0 Å². The number of sulfonamides is 1. The Bertz CT molecular complexity index is 1480. The van der Waals surface area contributed by atoms with Crippen LogP contribution in [0.1, 0.15) is 29.5 Å². The molecule has 0 spiro atoms. The van der Waals surface area contributed by atoms with Crippen LogP contribution in [0, 0.1) is 0 Å². The molecule has 0 saturated carbocycles.